The quantitative estimate of drug-likeness (QED) is 0.0140. The molecule has 0 aliphatic rings. The Kier molecular flexibility index (Phi) is 32.0. The molecule has 2 aromatic carbocycles. The first-order chi connectivity index (χ1) is 44.6. The number of unbranched alkanes of at least 4 members (excludes halogenated alkanes) is 1. The molecule has 4 rings (SSSR count). The standard InChI is InChI=1S/C63H101N21O10/c1-34(2)28-47(82-59(92)51(36(5)6)84-58(91)48(29-35(3)4)81-57(90)49(30-37-32-75-42-19-9-7-16-39(37)42)80-52(85)41(65)18-13-25-72-61(66)67)56(89)79-45(22-14-26-73-62(68)69)54(87)77-44(21-11-12-24-64)53(86)78-46(23-15-27-74-63(70)71)55(88)83-50(60(93)94)31-38-33-76-43-20-10-8-17-40(38)43/h7-10,16-17,19-20,32-36,41,44-51,75-76H,11-15,18,21-31,64-65H2,1-6H3,(H,77,87)(H,78,86)(H,79,89)(H,80,85)(H,81,90)(H,82,92)(H,83,88)(H,84,91)(H,93,94)(H4,66,67,72)(H4,68,69,73)(H4,70,71,74)/t41-,44-,45-,46-,47-,48-,49-,50-,51-/m0/s1. The van der Waals surface area contributed by atoms with E-state index in [1.165, 1.54) is 0 Å². The molecule has 0 saturated heterocycles. The number of benzene rings is 2. The van der Waals surface area contributed by atoms with Gasteiger partial charge >= 0.3 is 5.97 Å². The second-order valence-electron chi connectivity index (χ2n) is 24.6. The number of carbonyl (C=O) groups excluding carboxylic acids is 8. The zero-order valence-electron chi connectivity index (χ0n) is 54.8. The molecule has 0 aliphatic heterocycles. The van der Waals surface area contributed by atoms with Gasteiger partial charge in [0.15, 0.2) is 17.9 Å². The number of H-pyrrole nitrogens is 2. The van der Waals surface area contributed by atoms with Crippen molar-refractivity contribution in [1.29, 1.82) is 0 Å². The molecule has 4 aromatic rings. The summed E-state index contributed by atoms with van der Waals surface area (Å²) in [7, 11) is 0. The van der Waals surface area contributed by atoms with Crippen LogP contribution in [-0.4, -0.2) is 167 Å². The van der Waals surface area contributed by atoms with Crippen LogP contribution >= 0.6 is 0 Å². The summed E-state index contributed by atoms with van der Waals surface area (Å²) in [6, 6.07) is 3.12. The third kappa shape index (κ3) is 26.2. The lowest BCUT2D eigenvalue weighted by Gasteiger charge is -2.30. The van der Waals surface area contributed by atoms with Gasteiger partial charge in [0.2, 0.25) is 47.3 Å². The SMILES string of the molecule is CC(C)C[C@H](NC(=O)[C@H](Cc1c[nH]c2ccccc12)NC(=O)[C@@H](N)CCCN=C(N)N)C(=O)N[C@H](C(=O)N[C@@H](CC(C)C)C(=O)N[C@@H](CCCN=C(N)N)C(=O)N[C@@H](CCCCN)C(=O)N[C@@H](CCCN=C(N)N)C(=O)N[C@@H](Cc1c[nH]c2ccccc12)C(=O)O)C(C)C. The fourth-order valence-corrected chi connectivity index (χ4v) is 10.5. The van der Waals surface area contributed by atoms with E-state index in [4.69, 9.17) is 45.9 Å². The summed E-state index contributed by atoms with van der Waals surface area (Å²) < 4.78 is 0. The predicted octanol–water partition coefficient (Wildman–Crippen LogP) is -1.24. The monoisotopic (exact) mass is 1310 g/mol. The van der Waals surface area contributed by atoms with Crippen LogP contribution in [0.3, 0.4) is 0 Å². The van der Waals surface area contributed by atoms with Gasteiger partial charge in [-0.3, -0.25) is 53.3 Å². The Hall–Kier alpha value is -9.52. The maximum absolute atomic E-state index is 14.6. The molecule has 8 amide bonds. The molecule has 27 N–H and O–H groups in total. The summed E-state index contributed by atoms with van der Waals surface area (Å²) in [6.07, 6.45) is 4.97. The van der Waals surface area contributed by atoms with E-state index < -0.39 is 114 Å². The summed E-state index contributed by atoms with van der Waals surface area (Å²) in [5, 5.41) is 33.9. The summed E-state index contributed by atoms with van der Waals surface area (Å²) in [5.74, 6) is -8.90. The predicted molar refractivity (Wildman–Crippen MR) is 361 cm³/mol. The molecule has 518 valence electrons. The summed E-state index contributed by atoms with van der Waals surface area (Å²) >= 11 is 0. The molecule has 0 spiro atoms. The Bertz CT molecular complexity index is 3240. The number of amides is 8. The number of hydrogen-bond acceptors (Lipinski definition) is 14. The van der Waals surface area contributed by atoms with Crippen molar-refractivity contribution in [3.63, 3.8) is 0 Å². The Labute approximate surface area is 547 Å². The van der Waals surface area contributed by atoms with Crippen LogP contribution in [-0.2, 0) is 56.0 Å². The third-order valence-electron chi connectivity index (χ3n) is 15.4. The molecule has 0 saturated carbocycles. The van der Waals surface area contributed by atoms with Crippen molar-refractivity contribution in [3.05, 3.63) is 72.1 Å². The van der Waals surface area contributed by atoms with E-state index in [9.17, 15) is 48.3 Å². The summed E-state index contributed by atoms with van der Waals surface area (Å²) in [6.45, 7) is 11.2. The summed E-state index contributed by atoms with van der Waals surface area (Å²) in [5.41, 5.74) is 48.2. The molecule has 2 heterocycles. The number of carboxylic acids is 1. The van der Waals surface area contributed by atoms with Crippen molar-refractivity contribution in [2.75, 3.05) is 26.2 Å². The van der Waals surface area contributed by atoms with Crippen LogP contribution in [0.25, 0.3) is 21.8 Å². The zero-order valence-corrected chi connectivity index (χ0v) is 54.8. The maximum Gasteiger partial charge on any atom is 0.326 e. The number of hydrogen-bond donors (Lipinski definition) is 19. The Morgan fingerprint density at radius 3 is 1.20 bits per heavy atom. The first-order valence-electron chi connectivity index (χ1n) is 32.0. The maximum atomic E-state index is 14.6. The van der Waals surface area contributed by atoms with Gasteiger partial charge in [-0.2, -0.15) is 0 Å². The number of para-hydroxylation sites is 2. The highest BCUT2D eigenvalue weighted by molar-refractivity contribution is 5.99. The van der Waals surface area contributed by atoms with Gasteiger partial charge < -0.3 is 103 Å². The molecule has 0 aliphatic carbocycles. The lowest BCUT2D eigenvalue weighted by Crippen LogP contribution is -2.61. The molecular weight excluding hydrogens is 1210 g/mol. The van der Waals surface area contributed by atoms with Crippen molar-refractivity contribution >= 4 is 92.9 Å². The molecule has 0 radical (unpaired) electrons. The fourth-order valence-electron chi connectivity index (χ4n) is 10.5. The van der Waals surface area contributed by atoms with E-state index in [2.05, 4.69) is 67.5 Å². The third-order valence-corrected chi connectivity index (χ3v) is 15.4. The van der Waals surface area contributed by atoms with Crippen LogP contribution in [0.1, 0.15) is 123 Å². The number of nitrogens with two attached hydrogens (primary N) is 8. The second kappa shape index (κ2) is 39.1. The minimum absolute atomic E-state index is 0.00867. The van der Waals surface area contributed by atoms with E-state index in [1.54, 1.807) is 32.3 Å². The van der Waals surface area contributed by atoms with Crippen LogP contribution in [0.5, 0.6) is 0 Å². The highest BCUT2D eigenvalue weighted by Crippen LogP contribution is 2.22. The van der Waals surface area contributed by atoms with Crippen LogP contribution in [0, 0.1) is 17.8 Å². The molecule has 2 aromatic heterocycles. The topological polar surface area (TPSA) is 547 Å². The molecule has 0 bridgehead atoms. The number of aromatic amines is 2. The lowest BCUT2D eigenvalue weighted by molar-refractivity contribution is -0.142. The number of nitrogens with zero attached hydrogens (tertiary/aromatic N) is 3. The van der Waals surface area contributed by atoms with Gasteiger partial charge in [0.25, 0.3) is 0 Å². The van der Waals surface area contributed by atoms with Crippen molar-refractivity contribution in [1.82, 2.24) is 52.5 Å². The van der Waals surface area contributed by atoms with Gasteiger partial charge in [-0.05, 0) is 118 Å². The molecule has 31 nitrogen and oxygen atoms in total. The zero-order chi connectivity index (χ0) is 69.6. The molecule has 0 unspecified atom stereocenters. The molecule has 9 atom stereocenters. The number of carbonyl (C=O) groups is 9. The van der Waals surface area contributed by atoms with E-state index >= 15 is 0 Å². The smallest absolute Gasteiger partial charge is 0.326 e. The number of rotatable bonds is 42. The van der Waals surface area contributed by atoms with Gasteiger partial charge in [0, 0.05) is 66.7 Å². The van der Waals surface area contributed by atoms with Gasteiger partial charge in [0.1, 0.15) is 48.3 Å². The number of aromatic nitrogens is 2. The van der Waals surface area contributed by atoms with Gasteiger partial charge in [-0.15, -0.1) is 0 Å². The number of fused-ring (bicyclic) bond motifs is 2. The van der Waals surface area contributed by atoms with Crippen molar-refractivity contribution in [3.8, 4) is 0 Å². The number of aliphatic carboxylic acids is 1. The van der Waals surface area contributed by atoms with Crippen LogP contribution in [0.2, 0.25) is 0 Å². The first-order valence-corrected chi connectivity index (χ1v) is 32.0. The van der Waals surface area contributed by atoms with Gasteiger partial charge in [-0.1, -0.05) is 77.9 Å². The lowest BCUT2D eigenvalue weighted by atomic mass is 9.97. The average molecular weight is 1310 g/mol. The highest BCUT2D eigenvalue weighted by atomic mass is 16.4. The van der Waals surface area contributed by atoms with E-state index in [1.807, 2.05) is 70.2 Å². The van der Waals surface area contributed by atoms with E-state index in [-0.39, 0.29) is 120 Å². The summed E-state index contributed by atoms with van der Waals surface area (Å²) in [4.78, 5) is 146. The number of aliphatic imine (C=N–C) groups is 3. The molecule has 94 heavy (non-hydrogen) atoms. The fraction of sp³-hybridized carbons (Fsp3) is 0.556. The Morgan fingerprint density at radius 2 is 0.787 bits per heavy atom. The number of guanidine groups is 3. The van der Waals surface area contributed by atoms with Crippen LogP contribution in [0.15, 0.2) is 75.9 Å². The average Bonchev–Trinajstić information content (AvgIpc) is 1.65. The van der Waals surface area contributed by atoms with E-state index in [0.29, 0.717) is 30.4 Å². The molecule has 31 heteroatoms. The Morgan fingerprint density at radius 1 is 0.436 bits per heavy atom. The second-order valence-corrected chi connectivity index (χ2v) is 24.6. The molecule has 0 fully saturated rings. The molecular formula is C63H101N21O10. The Balaban J connectivity index is 1.59. The van der Waals surface area contributed by atoms with Crippen LogP contribution < -0.4 is 88.4 Å². The number of nitrogens with one attached hydrogen (secondary N) is 10. The van der Waals surface area contributed by atoms with Gasteiger partial charge in [0.05, 0.1) is 6.04 Å². The number of carboxylic acid groups (broad SMARTS) is 1. The van der Waals surface area contributed by atoms with Crippen molar-refractivity contribution in [2.45, 2.75) is 179 Å². The van der Waals surface area contributed by atoms with Crippen molar-refractivity contribution in [2.24, 2.45) is 78.6 Å². The highest BCUT2D eigenvalue weighted by Gasteiger charge is 2.37. The van der Waals surface area contributed by atoms with E-state index in [0.717, 1.165) is 21.8 Å². The minimum Gasteiger partial charge on any atom is -0.480 e. The normalized spacial score (nSPS) is 14.2. The minimum atomic E-state index is -1.43. The van der Waals surface area contributed by atoms with Crippen LogP contribution in [0.4, 0.5) is 0 Å². The first kappa shape index (κ1) is 76.9. The largest absolute Gasteiger partial charge is 0.480 e. The van der Waals surface area contributed by atoms with Gasteiger partial charge in [-0.25, -0.2) is 4.79 Å². The van der Waals surface area contributed by atoms with Crippen molar-refractivity contribution < 1.29 is 48.3 Å².